The van der Waals surface area contributed by atoms with Crippen LogP contribution in [0.3, 0.4) is 0 Å². The van der Waals surface area contributed by atoms with Crippen LogP contribution in [0.25, 0.3) is 0 Å². The van der Waals surface area contributed by atoms with E-state index in [1.807, 2.05) is 38.3 Å². The Hall–Kier alpha value is -1.20. The maximum absolute atomic E-state index is 12.2. The van der Waals surface area contributed by atoms with Gasteiger partial charge >= 0.3 is 0 Å². The summed E-state index contributed by atoms with van der Waals surface area (Å²) in [6.45, 7) is 4.00. The number of aromatic nitrogens is 2. The molecular formula is C15H17BrN2OS. The fraction of sp³-hybridized carbons (Fsp3) is 0.267. The molecule has 0 aliphatic rings. The number of ketones is 1. The molecule has 0 bridgehead atoms. The van der Waals surface area contributed by atoms with Gasteiger partial charge in [-0.1, -0.05) is 71.9 Å². The number of alkyl halides is 1. The molecule has 0 saturated heterocycles. The molecule has 1 aromatic carbocycles. The number of hydrogen-bond donors (Lipinski definition) is 0. The number of thioether (sulfide) groups is 1. The Bertz CT molecular complexity index is 549. The van der Waals surface area contributed by atoms with Crippen molar-refractivity contribution in [1.29, 1.82) is 0 Å². The van der Waals surface area contributed by atoms with Crippen LogP contribution >= 0.6 is 27.7 Å². The quantitative estimate of drug-likeness (QED) is 0.350. The van der Waals surface area contributed by atoms with E-state index < -0.39 is 4.83 Å². The lowest BCUT2D eigenvalue weighted by Crippen LogP contribution is -2.09. The Balaban J connectivity index is 0.000000956. The molecule has 0 saturated carbocycles. The first-order chi connectivity index (χ1) is 9.72. The van der Waals surface area contributed by atoms with Crippen LogP contribution in [0, 0.1) is 0 Å². The summed E-state index contributed by atoms with van der Waals surface area (Å²) in [5.74, 6) is 0.00125. The van der Waals surface area contributed by atoms with Gasteiger partial charge in [0.25, 0.3) is 0 Å². The Morgan fingerprint density at radius 3 is 2.45 bits per heavy atom. The van der Waals surface area contributed by atoms with Crippen LogP contribution < -0.4 is 0 Å². The predicted octanol–water partition coefficient (Wildman–Crippen LogP) is 4.54. The van der Waals surface area contributed by atoms with Crippen molar-refractivity contribution in [3.63, 3.8) is 0 Å². The van der Waals surface area contributed by atoms with Crippen LogP contribution in [0.5, 0.6) is 0 Å². The number of halogens is 1. The maximum atomic E-state index is 12.2. The lowest BCUT2D eigenvalue weighted by molar-refractivity contribution is 0.0990. The summed E-state index contributed by atoms with van der Waals surface area (Å²) in [6, 6.07) is 10.9. The van der Waals surface area contributed by atoms with E-state index >= 15 is 0 Å². The zero-order valence-corrected chi connectivity index (χ0v) is 14.1. The fourth-order valence-electron chi connectivity index (χ4n) is 1.48. The van der Waals surface area contributed by atoms with Crippen LogP contribution in [-0.2, 0) is 0 Å². The maximum Gasteiger partial charge on any atom is 0.187 e. The summed E-state index contributed by atoms with van der Waals surface area (Å²) in [5.41, 5.74) is 1.35. The van der Waals surface area contributed by atoms with E-state index in [2.05, 4.69) is 25.9 Å². The van der Waals surface area contributed by atoms with Crippen molar-refractivity contribution >= 4 is 33.5 Å². The van der Waals surface area contributed by atoms with Gasteiger partial charge in [0.1, 0.15) is 4.83 Å². The van der Waals surface area contributed by atoms with E-state index in [0.717, 1.165) is 0 Å². The average molecular weight is 353 g/mol. The van der Waals surface area contributed by atoms with Gasteiger partial charge in [-0.05, 0) is 12.3 Å². The summed E-state index contributed by atoms with van der Waals surface area (Å²) in [5, 5.41) is 0.665. The largest absolute Gasteiger partial charge is 0.292 e. The molecule has 0 aliphatic heterocycles. The first-order valence-corrected chi connectivity index (χ1v) is 8.46. The molecule has 1 unspecified atom stereocenters. The molecule has 1 aromatic heterocycles. The standard InChI is InChI=1S/C13H11BrN2OS.C2H6/c1-18-13-15-8-7-10(16-13)11(14)12(17)9-5-3-2-4-6-9;1-2/h2-8,11H,1H3;1-2H3. The monoisotopic (exact) mass is 352 g/mol. The lowest BCUT2D eigenvalue weighted by atomic mass is 10.1. The topological polar surface area (TPSA) is 42.9 Å². The molecule has 0 radical (unpaired) electrons. The molecule has 20 heavy (non-hydrogen) atoms. The Labute approximate surface area is 132 Å². The number of nitrogens with zero attached hydrogens (tertiary/aromatic N) is 2. The highest BCUT2D eigenvalue weighted by Crippen LogP contribution is 2.26. The van der Waals surface area contributed by atoms with Crippen LogP contribution in [-0.4, -0.2) is 22.0 Å². The molecule has 1 atom stereocenters. The highest BCUT2D eigenvalue weighted by atomic mass is 79.9. The summed E-state index contributed by atoms with van der Waals surface area (Å²) < 4.78 is 0. The van der Waals surface area contributed by atoms with Crippen molar-refractivity contribution in [2.24, 2.45) is 0 Å². The SMILES string of the molecule is CC.CSc1nccc(C(Br)C(=O)c2ccccc2)n1. The normalized spacial score (nSPS) is 11.2. The van der Waals surface area contributed by atoms with Gasteiger partial charge in [0.15, 0.2) is 10.9 Å². The zero-order valence-electron chi connectivity index (χ0n) is 11.7. The minimum Gasteiger partial charge on any atom is -0.292 e. The number of Topliss-reactive ketones (excluding diaryl/α,β-unsaturated/α-hetero) is 1. The molecule has 2 aromatic rings. The second-order valence-electron chi connectivity index (χ2n) is 3.56. The van der Waals surface area contributed by atoms with Crippen molar-refractivity contribution in [3.8, 4) is 0 Å². The van der Waals surface area contributed by atoms with E-state index in [-0.39, 0.29) is 5.78 Å². The Kier molecular flexibility index (Phi) is 7.47. The van der Waals surface area contributed by atoms with Gasteiger partial charge in [-0.25, -0.2) is 9.97 Å². The van der Waals surface area contributed by atoms with E-state index in [9.17, 15) is 4.79 Å². The number of rotatable bonds is 4. The van der Waals surface area contributed by atoms with Crippen LogP contribution in [0.15, 0.2) is 47.8 Å². The van der Waals surface area contributed by atoms with E-state index in [0.29, 0.717) is 16.4 Å². The third-order valence-corrected chi connectivity index (χ3v) is 3.83. The molecule has 0 fully saturated rings. The molecule has 2 rings (SSSR count). The van der Waals surface area contributed by atoms with Gasteiger partial charge < -0.3 is 0 Å². The number of hydrogen-bond acceptors (Lipinski definition) is 4. The zero-order chi connectivity index (χ0) is 15.0. The summed E-state index contributed by atoms with van der Waals surface area (Å²) in [7, 11) is 0. The van der Waals surface area contributed by atoms with E-state index in [4.69, 9.17) is 0 Å². The number of carbonyl (C=O) groups excluding carboxylic acids is 1. The van der Waals surface area contributed by atoms with Crippen LogP contribution in [0.4, 0.5) is 0 Å². The lowest BCUT2D eigenvalue weighted by Gasteiger charge is -2.08. The van der Waals surface area contributed by atoms with Gasteiger partial charge in [0.05, 0.1) is 5.69 Å². The van der Waals surface area contributed by atoms with Crippen molar-refractivity contribution in [1.82, 2.24) is 9.97 Å². The first kappa shape index (κ1) is 16.9. The first-order valence-electron chi connectivity index (χ1n) is 6.32. The average Bonchev–Trinajstić information content (AvgIpc) is 2.56. The van der Waals surface area contributed by atoms with Crippen LogP contribution in [0.1, 0.15) is 34.7 Å². The molecule has 5 heteroatoms. The second kappa shape index (κ2) is 8.87. The minimum atomic E-state index is -0.436. The molecule has 0 N–H and O–H groups in total. The Morgan fingerprint density at radius 1 is 1.20 bits per heavy atom. The van der Waals surface area contributed by atoms with Gasteiger partial charge in [0.2, 0.25) is 0 Å². The van der Waals surface area contributed by atoms with Gasteiger partial charge in [-0.2, -0.15) is 0 Å². The van der Waals surface area contributed by atoms with E-state index in [1.54, 1.807) is 24.4 Å². The predicted molar refractivity (Wildman–Crippen MR) is 87.6 cm³/mol. The van der Waals surface area contributed by atoms with Crippen molar-refractivity contribution in [2.75, 3.05) is 6.26 Å². The second-order valence-corrected chi connectivity index (χ2v) is 5.25. The van der Waals surface area contributed by atoms with E-state index in [1.165, 1.54) is 11.8 Å². The number of benzene rings is 1. The van der Waals surface area contributed by atoms with Gasteiger partial charge in [0, 0.05) is 11.8 Å². The smallest absolute Gasteiger partial charge is 0.187 e. The third kappa shape index (κ3) is 4.42. The van der Waals surface area contributed by atoms with Crippen molar-refractivity contribution in [3.05, 3.63) is 53.9 Å². The van der Waals surface area contributed by atoms with Gasteiger partial charge in [-0.15, -0.1) is 0 Å². The summed E-state index contributed by atoms with van der Waals surface area (Å²) >= 11 is 4.86. The summed E-state index contributed by atoms with van der Waals surface area (Å²) in [4.78, 5) is 20.2. The molecular weight excluding hydrogens is 336 g/mol. The third-order valence-electron chi connectivity index (χ3n) is 2.39. The summed E-state index contributed by atoms with van der Waals surface area (Å²) in [6.07, 6.45) is 3.57. The van der Waals surface area contributed by atoms with Crippen LogP contribution in [0.2, 0.25) is 0 Å². The van der Waals surface area contributed by atoms with Crippen molar-refractivity contribution in [2.45, 2.75) is 23.8 Å². The molecule has 0 spiro atoms. The van der Waals surface area contributed by atoms with Gasteiger partial charge in [-0.3, -0.25) is 4.79 Å². The molecule has 3 nitrogen and oxygen atoms in total. The highest BCUT2D eigenvalue weighted by molar-refractivity contribution is 9.09. The van der Waals surface area contributed by atoms with Crippen molar-refractivity contribution < 1.29 is 4.79 Å². The molecule has 0 amide bonds. The number of carbonyl (C=O) groups is 1. The fourth-order valence-corrected chi connectivity index (χ4v) is 2.36. The molecule has 1 heterocycles. The highest BCUT2D eigenvalue weighted by Gasteiger charge is 2.20. The molecule has 0 aliphatic carbocycles. The molecule has 106 valence electrons. The Morgan fingerprint density at radius 2 is 1.85 bits per heavy atom. The minimum absolute atomic E-state index is 0.00125.